The lowest BCUT2D eigenvalue weighted by molar-refractivity contribution is 0.0697. The van der Waals surface area contributed by atoms with Gasteiger partial charge in [-0.3, -0.25) is 4.79 Å². The Hall–Kier alpha value is -3.82. The van der Waals surface area contributed by atoms with Crippen LogP contribution in [0.3, 0.4) is 0 Å². The zero-order valence-corrected chi connectivity index (χ0v) is 18.3. The number of fused-ring (bicyclic) bond motifs is 1. The van der Waals surface area contributed by atoms with Crippen LogP contribution in [0.5, 0.6) is 5.75 Å². The number of para-hydroxylation sites is 1. The summed E-state index contributed by atoms with van der Waals surface area (Å²) in [5.41, 5.74) is 2.04. The number of carboxylic acids is 1. The largest absolute Gasteiger partial charge is 0.494 e. The van der Waals surface area contributed by atoms with Gasteiger partial charge in [0.1, 0.15) is 5.75 Å². The fourth-order valence-electron chi connectivity index (χ4n) is 3.38. The average molecular weight is 444 g/mol. The number of nitrogens with zero attached hydrogens (tertiary/aromatic N) is 1. The fourth-order valence-corrected chi connectivity index (χ4v) is 4.31. The SMILES string of the molecule is CCOc1ccccc1CC#Cc1cc2c(=O)n(Cc3ccc(C(=O)O)cc3)ccc2s1. The number of thiophene rings is 1. The van der Waals surface area contributed by atoms with Crippen LogP contribution in [0.2, 0.25) is 0 Å². The first-order chi connectivity index (χ1) is 15.5. The molecule has 0 atom stereocenters. The van der Waals surface area contributed by atoms with Gasteiger partial charge in [-0.2, -0.15) is 0 Å². The van der Waals surface area contributed by atoms with Gasteiger partial charge in [-0.15, -0.1) is 11.3 Å². The minimum atomic E-state index is -0.969. The van der Waals surface area contributed by atoms with Gasteiger partial charge in [0.2, 0.25) is 0 Å². The normalized spacial score (nSPS) is 10.5. The first-order valence-electron chi connectivity index (χ1n) is 10.2. The monoisotopic (exact) mass is 443 g/mol. The third kappa shape index (κ3) is 4.74. The van der Waals surface area contributed by atoms with E-state index in [0.29, 0.717) is 25.0 Å². The zero-order valence-electron chi connectivity index (χ0n) is 17.5. The van der Waals surface area contributed by atoms with Gasteiger partial charge in [0, 0.05) is 22.9 Å². The topological polar surface area (TPSA) is 68.5 Å². The summed E-state index contributed by atoms with van der Waals surface area (Å²) in [5, 5.41) is 9.66. The van der Waals surface area contributed by atoms with E-state index >= 15 is 0 Å². The minimum Gasteiger partial charge on any atom is -0.494 e. The highest BCUT2D eigenvalue weighted by atomic mass is 32.1. The van der Waals surface area contributed by atoms with Crippen LogP contribution in [0.25, 0.3) is 10.1 Å². The van der Waals surface area contributed by atoms with Crippen molar-refractivity contribution in [3.8, 4) is 17.6 Å². The second-order valence-electron chi connectivity index (χ2n) is 7.16. The zero-order chi connectivity index (χ0) is 22.5. The molecule has 4 aromatic rings. The molecule has 160 valence electrons. The molecule has 4 rings (SSSR count). The molecule has 0 bridgehead atoms. The number of carbonyl (C=O) groups is 1. The number of carboxylic acid groups (broad SMARTS) is 1. The Morgan fingerprint density at radius 2 is 1.91 bits per heavy atom. The molecule has 0 aliphatic carbocycles. The number of hydrogen-bond acceptors (Lipinski definition) is 4. The molecule has 2 heterocycles. The smallest absolute Gasteiger partial charge is 0.335 e. The van der Waals surface area contributed by atoms with E-state index in [4.69, 9.17) is 9.84 Å². The molecule has 0 spiro atoms. The van der Waals surface area contributed by atoms with Gasteiger partial charge in [-0.1, -0.05) is 42.2 Å². The Labute approximate surface area is 189 Å². The Bertz CT molecular complexity index is 1390. The molecule has 0 unspecified atom stereocenters. The highest BCUT2D eigenvalue weighted by Gasteiger charge is 2.08. The summed E-state index contributed by atoms with van der Waals surface area (Å²) < 4.78 is 8.17. The lowest BCUT2D eigenvalue weighted by Crippen LogP contribution is -2.19. The Morgan fingerprint density at radius 3 is 2.66 bits per heavy atom. The maximum absolute atomic E-state index is 12.9. The van der Waals surface area contributed by atoms with Crippen LogP contribution < -0.4 is 10.3 Å². The van der Waals surface area contributed by atoms with E-state index < -0.39 is 5.97 Å². The van der Waals surface area contributed by atoms with Gasteiger partial charge in [0.05, 0.1) is 29.0 Å². The van der Waals surface area contributed by atoms with Crippen molar-refractivity contribution in [3.63, 3.8) is 0 Å². The van der Waals surface area contributed by atoms with Crippen molar-refractivity contribution in [1.82, 2.24) is 4.57 Å². The predicted molar refractivity (Wildman–Crippen MR) is 127 cm³/mol. The first kappa shape index (κ1) is 21.4. The Balaban J connectivity index is 1.54. The maximum Gasteiger partial charge on any atom is 0.335 e. The summed E-state index contributed by atoms with van der Waals surface area (Å²) in [7, 11) is 0. The van der Waals surface area contributed by atoms with Gasteiger partial charge >= 0.3 is 5.97 Å². The second kappa shape index (κ2) is 9.54. The molecular weight excluding hydrogens is 422 g/mol. The van der Waals surface area contributed by atoms with Crippen molar-refractivity contribution < 1.29 is 14.6 Å². The molecule has 2 aromatic carbocycles. The van der Waals surface area contributed by atoms with Crippen molar-refractivity contribution in [1.29, 1.82) is 0 Å². The van der Waals surface area contributed by atoms with E-state index in [2.05, 4.69) is 11.8 Å². The molecule has 2 aromatic heterocycles. The molecule has 1 N–H and O–H groups in total. The first-order valence-corrected chi connectivity index (χ1v) is 11.0. The molecule has 0 radical (unpaired) electrons. The summed E-state index contributed by atoms with van der Waals surface area (Å²) in [6.07, 6.45) is 2.34. The van der Waals surface area contributed by atoms with Gasteiger partial charge in [-0.05, 0) is 42.8 Å². The number of benzene rings is 2. The average Bonchev–Trinajstić information content (AvgIpc) is 3.21. The van der Waals surface area contributed by atoms with Crippen molar-refractivity contribution in [2.75, 3.05) is 6.61 Å². The Kier molecular flexibility index (Phi) is 6.39. The maximum atomic E-state index is 12.9. The minimum absolute atomic E-state index is 0.0872. The van der Waals surface area contributed by atoms with Crippen LogP contribution in [0, 0.1) is 11.8 Å². The third-order valence-corrected chi connectivity index (χ3v) is 5.99. The van der Waals surface area contributed by atoms with Crippen molar-refractivity contribution >= 4 is 27.4 Å². The molecule has 0 aliphatic rings. The van der Waals surface area contributed by atoms with Crippen LogP contribution in [0.15, 0.2) is 71.7 Å². The molecule has 5 nitrogen and oxygen atoms in total. The summed E-state index contributed by atoms with van der Waals surface area (Å²) in [4.78, 5) is 24.8. The summed E-state index contributed by atoms with van der Waals surface area (Å²) in [6, 6.07) is 18.2. The van der Waals surface area contributed by atoms with E-state index in [-0.39, 0.29) is 11.1 Å². The number of rotatable bonds is 6. The van der Waals surface area contributed by atoms with E-state index in [9.17, 15) is 9.59 Å². The van der Waals surface area contributed by atoms with Crippen molar-refractivity contribution in [2.45, 2.75) is 19.9 Å². The molecule has 32 heavy (non-hydrogen) atoms. The summed E-state index contributed by atoms with van der Waals surface area (Å²) in [6.45, 7) is 2.94. The van der Waals surface area contributed by atoms with Crippen LogP contribution in [0.4, 0.5) is 0 Å². The van der Waals surface area contributed by atoms with Crippen LogP contribution in [-0.4, -0.2) is 22.2 Å². The van der Waals surface area contributed by atoms with Gasteiger partial charge in [0.25, 0.3) is 5.56 Å². The number of hydrogen-bond donors (Lipinski definition) is 1. The third-order valence-electron chi connectivity index (χ3n) is 4.97. The number of aromatic carboxylic acids is 1. The number of aromatic nitrogens is 1. The molecule has 0 saturated heterocycles. The molecule has 0 aliphatic heterocycles. The van der Waals surface area contributed by atoms with Crippen LogP contribution in [-0.2, 0) is 13.0 Å². The van der Waals surface area contributed by atoms with E-state index in [0.717, 1.165) is 26.5 Å². The number of ether oxygens (including phenoxy) is 1. The van der Waals surface area contributed by atoms with E-state index in [1.54, 1.807) is 35.0 Å². The summed E-state index contributed by atoms with van der Waals surface area (Å²) in [5.74, 6) is 6.24. The molecule has 0 saturated carbocycles. The van der Waals surface area contributed by atoms with Crippen LogP contribution in [0.1, 0.15) is 33.3 Å². The number of pyridine rings is 1. The lowest BCUT2D eigenvalue weighted by atomic mass is 10.1. The van der Waals surface area contributed by atoms with Gasteiger partial charge in [-0.25, -0.2) is 4.79 Å². The Morgan fingerprint density at radius 1 is 1.12 bits per heavy atom. The van der Waals surface area contributed by atoms with Gasteiger partial charge < -0.3 is 14.4 Å². The fraction of sp³-hybridized carbons (Fsp3) is 0.154. The highest BCUT2D eigenvalue weighted by molar-refractivity contribution is 7.19. The predicted octanol–water partition coefficient (Wildman–Crippen LogP) is 4.80. The van der Waals surface area contributed by atoms with E-state index in [1.165, 1.54) is 11.3 Å². The molecule has 0 fully saturated rings. The van der Waals surface area contributed by atoms with Crippen molar-refractivity contribution in [2.24, 2.45) is 0 Å². The van der Waals surface area contributed by atoms with E-state index in [1.807, 2.05) is 43.3 Å². The molecular formula is C26H21NO4S. The highest BCUT2D eigenvalue weighted by Crippen LogP contribution is 2.23. The lowest BCUT2D eigenvalue weighted by Gasteiger charge is -2.06. The quantitative estimate of drug-likeness (QED) is 0.435. The molecule has 6 heteroatoms. The standard InChI is InChI=1S/C26H21NO4S/c1-2-31-23-9-4-3-6-19(23)7-5-8-21-16-22-24(32-21)14-15-27(25(22)28)17-18-10-12-20(13-11-18)26(29)30/h3-4,6,9-16H,2,7,17H2,1H3,(H,29,30). The summed E-state index contributed by atoms with van der Waals surface area (Å²) >= 11 is 1.50. The van der Waals surface area contributed by atoms with Gasteiger partial charge in [0.15, 0.2) is 0 Å². The van der Waals surface area contributed by atoms with Crippen LogP contribution >= 0.6 is 11.3 Å². The van der Waals surface area contributed by atoms with Crippen molar-refractivity contribution in [3.05, 3.63) is 98.8 Å². The second-order valence-corrected chi connectivity index (χ2v) is 8.24. The molecule has 0 amide bonds.